The molecular weight excluding hydrogens is 290 g/mol. The van der Waals surface area contributed by atoms with E-state index >= 15 is 0 Å². The third kappa shape index (κ3) is 2.89. The summed E-state index contributed by atoms with van der Waals surface area (Å²) in [6.45, 7) is 3.30. The van der Waals surface area contributed by atoms with Gasteiger partial charge in [-0.1, -0.05) is 24.3 Å². The van der Waals surface area contributed by atoms with Crippen LogP contribution in [0.4, 0.5) is 0 Å². The van der Waals surface area contributed by atoms with Crippen LogP contribution in [0.15, 0.2) is 36.4 Å². The van der Waals surface area contributed by atoms with Gasteiger partial charge >= 0.3 is 0 Å². The molecule has 1 heterocycles. The Kier molecular flexibility index (Phi) is 4.24. The zero-order valence-electron chi connectivity index (χ0n) is 13.8. The average Bonchev–Trinajstić information content (AvgIpc) is 2.61. The minimum absolute atomic E-state index is 0.0103. The number of nitrogens with zero attached hydrogens (tertiary/aromatic N) is 1. The zero-order chi connectivity index (χ0) is 16.4. The van der Waals surface area contributed by atoms with Crippen molar-refractivity contribution in [2.75, 3.05) is 20.8 Å². The van der Waals surface area contributed by atoms with Gasteiger partial charge in [-0.25, -0.2) is 0 Å². The van der Waals surface area contributed by atoms with Crippen molar-refractivity contribution in [2.45, 2.75) is 19.9 Å². The first kappa shape index (κ1) is 15.4. The van der Waals surface area contributed by atoms with E-state index in [1.165, 1.54) is 11.1 Å². The van der Waals surface area contributed by atoms with E-state index in [0.717, 1.165) is 18.5 Å². The highest BCUT2D eigenvalue weighted by Gasteiger charge is 2.23. The molecule has 0 saturated carbocycles. The molecule has 23 heavy (non-hydrogen) atoms. The number of amides is 1. The Morgan fingerprint density at radius 3 is 2.26 bits per heavy atom. The summed E-state index contributed by atoms with van der Waals surface area (Å²) in [5.74, 6) is 1.35. The number of fused-ring (bicyclic) bond motifs is 1. The van der Waals surface area contributed by atoms with Gasteiger partial charge in [-0.3, -0.25) is 4.79 Å². The number of hydrogen-bond acceptors (Lipinski definition) is 3. The highest BCUT2D eigenvalue weighted by molar-refractivity contribution is 5.95. The fourth-order valence-corrected chi connectivity index (χ4v) is 3.06. The lowest BCUT2D eigenvalue weighted by molar-refractivity contribution is 0.0734. The molecule has 3 rings (SSSR count). The second kappa shape index (κ2) is 6.32. The van der Waals surface area contributed by atoms with E-state index in [9.17, 15) is 4.79 Å². The largest absolute Gasteiger partial charge is 0.496 e. The van der Waals surface area contributed by atoms with Gasteiger partial charge in [0.1, 0.15) is 11.5 Å². The fraction of sp³-hybridized carbons (Fsp3) is 0.316. The molecule has 0 radical (unpaired) electrons. The molecule has 1 amide bonds. The highest BCUT2D eigenvalue weighted by atomic mass is 16.5. The smallest absolute Gasteiger partial charge is 0.254 e. The summed E-state index contributed by atoms with van der Waals surface area (Å²) in [5.41, 5.74) is 4.05. The maximum Gasteiger partial charge on any atom is 0.254 e. The first-order chi connectivity index (χ1) is 11.1. The lowest BCUT2D eigenvalue weighted by Gasteiger charge is -2.29. The maximum absolute atomic E-state index is 12.9. The highest BCUT2D eigenvalue weighted by Crippen LogP contribution is 2.30. The summed E-state index contributed by atoms with van der Waals surface area (Å²) in [6, 6.07) is 11.9. The van der Waals surface area contributed by atoms with Crippen molar-refractivity contribution in [2.24, 2.45) is 0 Å². The average molecular weight is 311 g/mol. The number of hydrogen-bond donors (Lipinski definition) is 0. The Bertz CT molecular complexity index is 714. The van der Waals surface area contributed by atoms with E-state index in [2.05, 4.69) is 12.1 Å². The molecular formula is C19H21NO3. The van der Waals surface area contributed by atoms with Gasteiger partial charge in [0, 0.05) is 24.2 Å². The van der Waals surface area contributed by atoms with Crippen molar-refractivity contribution < 1.29 is 14.3 Å². The summed E-state index contributed by atoms with van der Waals surface area (Å²) >= 11 is 0. The molecule has 0 N–H and O–H groups in total. The van der Waals surface area contributed by atoms with Crippen LogP contribution >= 0.6 is 0 Å². The third-order valence-corrected chi connectivity index (χ3v) is 4.42. The number of carbonyl (C=O) groups excluding carboxylic acids is 1. The van der Waals surface area contributed by atoms with Gasteiger partial charge in [0.05, 0.1) is 14.2 Å². The lowest BCUT2D eigenvalue weighted by atomic mass is 9.99. The maximum atomic E-state index is 12.9. The lowest BCUT2D eigenvalue weighted by Crippen LogP contribution is -2.35. The van der Waals surface area contributed by atoms with Crippen molar-refractivity contribution in [3.8, 4) is 11.5 Å². The van der Waals surface area contributed by atoms with Crippen LogP contribution in [0.25, 0.3) is 0 Å². The molecule has 0 spiro atoms. The predicted octanol–water partition coefficient (Wildman–Crippen LogP) is 3.21. The molecule has 0 saturated heterocycles. The van der Waals surface area contributed by atoms with E-state index < -0.39 is 0 Å². The molecule has 4 heteroatoms. The SMILES string of the molecule is COc1cc(C(=O)N2CCc3ccccc3C2)cc(OC)c1C. The van der Waals surface area contributed by atoms with Gasteiger partial charge in [0.2, 0.25) is 0 Å². The van der Waals surface area contributed by atoms with E-state index in [-0.39, 0.29) is 5.91 Å². The topological polar surface area (TPSA) is 38.8 Å². The minimum Gasteiger partial charge on any atom is -0.496 e. The van der Waals surface area contributed by atoms with Crippen molar-refractivity contribution in [3.05, 3.63) is 58.7 Å². The Balaban J connectivity index is 1.89. The van der Waals surface area contributed by atoms with Gasteiger partial charge in [0.25, 0.3) is 5.91 Å². The summed E-state index contributed by atoms with van der Waals surface area (Å²) in [4.78, 5) is 14.8. The van der Waals surface area contributed by atoms with Crippen LogP contribution < -0.4 is 9.47 Å². The van der Waals surface area contributed by atoms with Gasteiger partial charge in [-0.15, -0.1) is 0 Å². The van der Waals surface area contributed by atoms with Crippen LogP contribution in [-0.4, -0.2) is 31.6 Å². The monoisotopic (exact) mass is 311 g/mol. The summed E-state index contributed by atoms with van der Waals surface area (Å²) in [7, 11) is 3.21. The third-order valence-electron chi connectivity index (χ3n) is 4.42. The molecule has 1 aliphatic heterocycles. The Labute approximate surface area is 136 Å². The van der Waals surface area contributed by atoms with Crippen LogP contribution in [0.2, 0.25) is 0 Å². The summed E-state index contributed by atoms with van der Waals surface area (Å²) in [5, 5.41) is 0. The molecule has 0 aliphatic carbocycles. The fourth-order valence-electron chi connectivity index (χ4n) is 3.06. The van der Waals surface area contributed by atoms with Crippen molar-refractivity contribution in [1.29, 1.82) is 0 Å². The quantitative estimate of drug-likeness (QED) is 0.873. The molecule has 2 aromatic rings. The molecule has 1 aliphatic rings. The van der Waals surface area contributed by atoms with E-state index in [1.54, 1.807) is 26.4 Å². The van der Waals surface area contributed by atoms with Crippen molar-refractivity contribution in [3.63, 3.8) is 0 Å². The second-order valence-corrected chi connectivity index (χ2v) is 5.75. The van der Waals surface area contributed by atoms with Crippen LogP contribution in [-0.2, 0) is 13.0 Å². The van der Waals surface area contributed by atoms with Gasteiger partial charge in [-0.05, 0) is 36.6 Å². The zero-order valence-corrected chi connectivity index (χ0v) is 13.8. The number of ether oxygens (including phenoxy) is 2. The van der Waals surface area contributed by atoms with E-state index in [1.807, 2.05) is 24.0 Å². The number of benzene rings is 2. The van der Waals surface area contributed by atoms with Gasteiger partial charge < -0.3 is 14.4 Å². The molecule has 120 valence electrons. The van der Waals surface area contributed by atoms with E-state index in [0.29, 0.717) is 23.6 Å². The summed E-state index contributed by atoms with van der Waals surface area (Å²) in [6.07, 6.45) is 0.891. The molecule has 0 atom stereocenters. The first-order valence-corrected chi connectivity index (χ1v) is 7.72. The second-order valence-electron chi connectivity index (χ2n) is 5.75. The first-order valence-electron chi connectivity index (χ1n) is 7.72. The molecule has 4 nitrogen and oxygen atoms in total. The van der Waals surface area contributed by atoms with Crippen molar-refractivity contribution in [1.82, 2.24) is 4.90 Å². The van der Waals surface area contributed by atoms with Crippen molar-refractivity contribution >= 4 is 5.91 Å². The number of rotatable bonds is 3. The molecule has 0 fully saturated rings. The normalized spacial score (nSPS) is 13.4. The predicted molar refractivity (Wildman–Crippen MR) is 89.2 cm³/mol. The number of methoxy groups -OCH3 is 2. The van der Waals surface area contributed by atoms with E-state index in [4.69, 9.17) is 9.47 Å². The van der Waals surface area contributed by atoms with Crippen LogP contribution in [0.1, 0.15) is 27.0 Å². The molecule has 0 aromatic heterocycles. The Morgan fingerprint density at radius 2 is 1.65 bits per heavy atom. The molecule has 0 unspecified atom stereocenters. The van der Waals surface area contributed by atoms with Gasteiger partial charge in [-0.2, -0.15) is 0 Å². The van der Waals surface area contributed by atoms with Crippen LogP contribution in [0.5, 0.6) is 11.5 Å². The minimum atomic E-state index is 0.0103. The molecule has 0 bridgehead atoms. The number of carbonyl (C=O) groups is 1. The van der Waals surface area contributed by atoms with Crippen LogP contribution in [0.3, 0.4) is 0 Å². The van der Waals surface area contributed by atoms with Gasteiger partial charge in [0.15, 0.2) is 0 Å². The Morgan fingerprint density at radius 1 is 1.04 bits per heavy atom. The standard InChI is InChI=1S/C19H21NO3/c1-13-17(22-2)10-16(11-18(13)23-3)19(21)20-9-8-14-6-4-5-7-15(14)12-20/h4-7,10-11H,8-9,12H2,1-3H3. The summed E-state index contributed by atoms with van der Waals surface area (Å²) < 4.78 is 10.7. The van der Waals surface area contributed by atoms with Crippen LogP contribution in [0, 0.1) is 6.92 Å². The Hall–Kier alpha value is -2.49. The molecule has 2 aromatic carbocycles.